The van der Waals surface area contributed by atoms with E-state index in [1.165, 1.54) is 6.42 Å². The summed E-state index contributed by atoms with van der Waals surface area (Å²) in [5.41, 5.74) is 0.867. The number of carbonyl (C=O) groups excluding carboxylic acids is 1. The third kappa shape index (κ3) is 4.47. The van der Waals surface area contributed by atoms with Gasteiger partial charge in [0.1, 0.15) is 0 Å². The second kappa shape index (κ2) is 8.49. The van der Waals surface area contributed by atoms with Gasteiger partial charge in [-0.05, 0) is 63.0 Å². The largest absolute Gasteiger partial charge is 0.356 e. The Balaban J connectivity index is 1.27. The van der Waals surface area contributed by atoms with E-state index >= 15 is 0 Å². The van der Waals surface area contributed by atoms with Crippen LogP contribution in [0.1, 0.15) is 19.3 Å². The molecule has 150 valence electrons. The zero-order valence-electron chi connectivity index (χ0n) is 16.1. The van der Waals surface area contributed by atoms with E-state index in [9.17, 15) is 4.79 Å². The lowest BCUT2D eigenvalue weighted by atomic mass is 9.96. The number of nitrogens with zero attached hydrogens (tertiary/aromatic N) is 4. The highest BCUT2D eigenvalue weighted by Gasteiger charge is 2.28. The molecule has 1 atom stereocenters. The first kappa shape index (κ1) is 19.2. The lowest BCUT2D eigenvalue weighted by molar-refractivity contribution is -0.125. The third-order valence-electron chi connectivity index (χ3n) is 5.71. The first-order chi connectivity index (χ1) is 13.6. The van der Waals surface area contributed by atoms with Crippen LogP contribution in [0.5, 0.6) is 0 Å². The van der Waals surface area contributed by atoms with Gasteiger partial charge < -0.3 is 19.6 Å². The molecule has 1 N–H and O–H groups in total. The molecule has 2 aliphatic rings. The molecule has 2 saturated heterocycles. The van der Waals surface area contributed by atoms with Crippen molar-refractivity contribution in [2.45, 2.75) is 19.3 Å². The Bertz CT molecular complexity index is 801. The lowest BCUT2D eigenvalue weighted by Gasteiger charge is -2.30. The van der Waals surface area contributed by atoms with Crippen molar-refractivity contribution in [3.05, 3.63) is 29.3 Å². The normalized spacial score (nSPS) is 21.2. The highest BCUT2D eigenvalue weighted by atomic mass is 35.5. The molecule has 7 nitrogen and oxygen atoms in total. The molecule has 2 aliphatic heterocycles. The molecule has 1 aromatic heterocycles. The minimum Gasteiger partial charge on any atom is -0.356 e. The molecule has 0 aliphatic carbocycles. The quantitative estimate of drug-likeness (QED) is 0.827. The molecule has 0 saturated carbocycles. The topological polar surface area (TPSA) is 74.5 Å². The summed E-state index contributed by atoms with van der Waals surface area (Å²) >= 11 is 5.92. The van der Waals surface area contributed by atoms with Gasteiger partial charge in [-0.1, -0.05) is 16.8 Å². The number of nitrogens with one attached hydrogen (secondary N) is 1. The number of amides is 1. The van der Waals surface area contributed by atoms with Crippen LogP contribution in [0.25, 0.3) is 11.4 Å². The number of halogens is 1. The van der Waals surface area contributed by atoms with Crippen LogP contribution in [0.15, 0.2) is 28.8 Å². The van der Waals surface area contributed by atoms with E-state index in [4.69, 9.17) is 16.1 Å². The minimum absolute atomic E-state index is 0.0639. The lowest BCUT2D eigenvalue weighted by Crippen LogP contribution is -2.42. The van der Waals surface area contributed by atoms with Crippen molar-refractivity contribution in [3.63, 3.8) is 0 Å². The van der Waals surface area contributed by atoms with Crippen molar-refractivity contribution < 1.29 is 9.32 Å². The van der Waals surface area contributed by atoms with Gasteiger partial charge >= 0.3 is 6.01 Å². The summed E-state index contributed by atoms with van der Waals surface area (Å²) < 4.78 is 5.44. The summed E-state index contributed by atoms with van der Waals surface area (Å²) in [4.78, 5) is 21.4. The minimum atomic E-state index is 0.0639. The fourth-order valence-corrected chi connectivity index (χ4v) is 4.10. The molecule has 0 bridgehead atoms. The number of aromatic nitrogens is 2. The molecule has 28 heavy (non-hydrogen) atoms. The van der Waals surface area contributed by atoms with Crippen LogP contribution < -0.4 is 10.2 Å². The Morgan fingerprint density at radius 3 is 2.64 bits per heavy atom. The number of rotatable bonds is 5. The van der Waals surface area contributed by atoms with E-state index in [-0.39, 0.29) is 11.8 Å². The Morgan fingerprint density at radius 2 is 1.96 bits per heavy atom. The number of likely N-dealkylation sites (tertiary alicyclic amines) is 1. The number of piperidine rings is 1. The summed E-state index contributed by atoms with van der Waals surface area (Å²) in [6.45, 7) is 4.48. The maximum atomic E-state index is 12.5. The van der Waals surface area contributed by atoms with Crippen LogP contribution in [-0.2, 0) is 4.79 Å². The van der Waals surface area contributed by atoms with Crippen molar-refractivity contribution in [1.29, 1.82) is 0 Å². The predicted octanol–water partition coefficient (Wildman–Crippen LogP) is 2.67. The van der Waals surface area contributed by atoms with E-state index in [0.29, 0.717) is 22.8 Å². The van der Waals surface area contributed by atoms with Gasteiger partial charge in [-0.2, -0.15) is 4.98 Å². The van der Waals surface area contributed by atoms with Gasteiger partial charge in [0, 0.05) is 42.7 Å². The van der Waals surface area contributed by atoms with Crippen molar-refractivity contribution in [2.75, 3.05) is 44.7 Å². The predicted molar refractivity (Wildman–Crippen MR) is 108 cm³/mol. The summed E-state index contributed by atoms with van der Waals surface area (Å²) in [5.74, 6) is 1.38. The van der Waals surface area contributed by atoms with Gasteiger partial charge in [-0.25, -0.2) is 0 Å². The van der Waals surface area contributed by atoms with Gasteiger partial charge in [-0.3, -0.25) is 4.79 Å². The number of carbonyl (C=O) groups is 1. The van der Waals surface area contributed by atoms with Gasteiger partial charge in [0.2, 0.25) is 11.7 Å². The van der Waals surface area contributed by atoms with Crippen molar-refractivity contribution >= 4 is 23.5 Å². The molecule has 8 heteroatoms. The molecule has 1 aromatic carbocycles. The average Bonchev–Trinajstić information content (AvgIpc) is 3.36. The number of anilines is 1. The molecule has 2 fully saturated rings. The van der Waals surface area contributed by atoms with Crippen LogP contribution in [-0.4, -0.2) is 60.7 Å². The monoisotopic (exact) mass is 403 g/mol. The van der Waals surface area contributed by atoms with E-state index in [2.05, 4.69) is 32.3 Å². The third-order valence-corrected chi connectivity index (χ3v) is 5.96. The highest BCUT2D eigenvalue weighted by molar-refractivity contribution is 6.30. The van der Waals surface area contributed by atoms with E-state index < -0.39 is 0 Å². The van der Waals surface area contributed by atoms with Crippen molar-refractivity contribution in [3.8, 4) is 11.4 Å². The Labute approximate surface area is 170 Å². The molecular formula is C20H26ClN5O2. The van der Waals surface area contributed by atoms with Crippen LogP contribution in [0, 0.1) is 11.8 Å². The van der Waals surface area contributed by atoms with E-state index in [1.807, 2.05) is 12.1 Å². The van der Waals surface area contributed by atoms with Crippen LogP contribution in [0.3, 0.4) is 0 Å². The second-order valence-electron chi connectivity index (χ2n) is 7.83. The molecule has 1 unspecified atom stereocenters. The van der Waals surface area contributed by atoms with Crippen molar-refractivity contribution in [2.24, 2.45) is 11.8 Å². The smallest absolute Gasteiger partial charge is 0.324 e. The average molecular weight is 404 g/mol. The molecule has 4 rings (SSSR count). The van der Waals surface area contributed by atoms with Gasteiger partial charge in [0.05, 0.1) is 0 Å². The maximum absolute atomic E-state index is 12.5. The van der Waals surface area contributed by atoms with Crippen molar-refractivity contribution in [1.82, 2.24) is 20.4 Å². The Morgan fingerprint density at radius 1 is 1.21 bits per heavy atom. The molecule has 3 heterocycles. The van der Waals surface area contributed by atoms with Crippen LogP contribution in [0.2, 0.25) is 5.02 Å². The van der Waals surface area contributed by atoms with Gasteiger partial charge in [-0.15, -0.1) is 0 Å². The zero-order chi connectivity index (χ0) is 19.5. The van der Waals surface area contributed by atoms with Gasteiger partial charge in [0.25, 0.3) is 0 Å². The van der Waals surface area contributed by atoms with Crippen LogP contribution in [0.4, 0.5) is 6.01 Å². The van der Waals surface area contributed by atoms with E-state index in [0.717, 1.165) is 51.1 Å². The fraction of sp³-hybridized carbons (Fsp3) is 0.550. The number of hydrogen-bond donors (Lipinski definition) is 1. The SMILES string of the molecule is CN1CCC(CNC(=O)C2CCN(c3nc(-c4ccc(Cl)cc4)no3)CC2)C1. The number of hydrogen-bond acceptors (Lipinski definition) is 6. The van der Waals surface area contributed by atoms with Gasteiger partial charge in [0.15, 0.2) is 0 Å². The van der Waals surface area contributed by atoms with Crippen LogP contribution >= 0.6 is 11.6 Å². The second-order valence-corrected chi connectivity index (χ2v) is 8.27. The molecule has 0 spiro atoms. The molecule has 2 aromatic rings. The highest BCUT2D eigenvalue weighted by Crippen LogP contribution is 2.25. The summed E-state index contributed by atoms with van der Waals surface area (Å²) in [6.07, 6.45) is 2.77. The fourth-order valence-electron chi connectivity index (χ4n) is 3.98. The summed E-state index contributed by atoms with van der Waals surface area (Å²) in [7, 11) is 2.13. The standard InChI is InChI=1S/C20H26ClN5O2/c1-25-9-6-14(13-25)12-22-19(27)16-7-10-26(11-8-16)20-23-18(24-28-20)15-2-4-17(21)5-3-15/h2-5,14,16H,6-13H2,1H3,(H,22,27). The Kier molecular flexibility index (Phi) is 5.82. The Hall–Kier alpha value is -2.12. The molecule has 0 radical (unpaired) electrons. The maximum Gasteiger partial charge on any atom is 0.324 e. The van der Waals surface area contributed by atoms with E-state index in [1.54, 1.807) is 12.1 Å². The molecular weight excluding hydrogens is 378 g/mol. The first-order valence-electron chi connectivity index (χ1n) is 9.89. The first-order valence-corrected chi connectivity index (χ1v) is 10.3. The summed E-state index contributed by atoms with van der Waals surface area (Å²) in [6, 6.07) is 7.87. The molecule has 1 amide bonds. The number of benzene rings is 1. The zero-order valence-corrected chi connectivity index (χ0v) is 16.9. The summed E-state index contributed by atoms with van der Waals surface area (Å²) in [5, 5.41) is 7.90.